The number of carbonyl (C=O) groups is 2. The van der Waals surface area contributed by atoms with Crippen molar-refractivity contribution in [2.24, 2.45) is 0 Å². The molecule has 3 rings (SSSR count). The van der Waals surface area contributed by atoms with Gasteiger partial charge >= 0.3 is 0 Å². The fourth-order valence-electron chi connectivity index (χ4n) is 2.62. The topological polar surface area (TPSA) is 46.2 Å². The van der Waals surface area contributed by atoms with Gasteiger partial charge in [0.2, 0.25) is 0 Å². The first-order valence-electron chi connectivity index (χ1n) is 7.69. The molecule has 0 heterocycles. The van der Waals surface area contributed by atoms with Crippen LogP contribution in [0, 0.1) is 0 Å². The second kappa shape index (κ2) is 6.92. The Morgan fingerprint density at radius 2 is 1.38 bits per heavy atom. The molecule has 24 heavy (non-hydrogen) atoms. The standard InChI is InChI=1S/C21H17NO2/c1-22-21(24)20-12-18(16-5-3-2-4-6-16)11-19(13-20)17-9-7-15(14-23)8-10-17/h2-14H,1H3,(H,22,24). The maximum Gasteiger partial charge on any atom is 0.251 e. The van der Waals surface area contributed by atoms with E-state index in [4.69, 9.17) is 0 Å². The zero-order valence-electron chi connectivity index (χ0n) is 13.3. The minimum atomic E-state index is -0.126. The molecule has 3 aromatic rings. The van der Waals surface area contributed by atoms with Crippen LogP contribution in [0.2, 0.25) is 0 Å². The van der Waals surface area contributed by atoms with E-state index >= 15 is 0 Å². The summed E-state index contributed by atoms with van der Waals surface area (Å²) < 4.78 is 0. The van der Waals surface area contributed by atoms with Crippen molar-refractivity contribution in [3.63, 3.8) is 0 Å². The quantitative estimate of drug-likeness (QED) is 0.734. The van der Waals surface area contributed by atoms with Gasteiger partial charge in [0.05, 0.1) is 0 Å². The van der Waals surface area contributed by atoms with Crippen LogP contribution in [-0.4, -0.2) is 19.2 Å². The third-order valence-corrected chi connectivity index (χ3v) is 3.91. The Morgan fingerprint density at radius 1 is 0.792 bits per heavy atom. The first-order valence-corrected chi connectivity index (χ1v) is 7.69. The smallest absolute Gasteiger partial charge is 0.251 e. The molecular formula is C21H17NO2. The third-order valence-electron chi connectivity index (χ3n) is 3.91. The van der Waals surface area contributed by atoms with Crippen LogP contribution in [0.25, 0.3) is 22.3 Å². The Hall–Kier alpha value is -3.20. The summed E-state index contributed by atoms with van der Waals surface area (Å²) in [5.74, 6) is -0.126. The summed E-state index contributed by atoms with van der Waals surface area (Å²) in [5.41, 5.74) is 5.16. The summed E-state index contributed by atoms with van der Waals surface area (Å²) in [6, 6.07) is 23.1. The van der Waals surface area contributed by atoms with Crippen molar-refractivity contribution in [3.8, 4) is 22.3 Å². The molecule has 3 aromatic carbocycles. The van der Waals surface area contributed by atoms with Crippen molar-refractivity contribution in [1.29, 1.82) is 0 Å². The van der Waals surface area contributed by atoms with Crippen molar-refractivity contribution >= 4 is 12.2 Å². The average Bonchev–Trinajstić information content (AvgIpc) is 2.67. The molecule has 0 unspecified atom stereocenters. The molecule has 3 heteroatoms. The third kappa shape index (κ3) is 3.25. The fraction of sp³-hybridized carbons (Fsp3) is 0.0476. The van der Waals surface area contributed by atoms with Crippen LogP contribution >= 0.6 is 0 Å². The molecular weight excluding hydrogens is 298 g/mol. The largest absolute Gasteiger partial charge is 0.355 e. The van der Waals surface area contributed by atoms with Gasteiger partial charge in [0.15, 0.2) is 0 Å². The molecule has 1 N–H and O–H groups in total. The van der Waals surface area contributed by atoms with Gasteiger partial charge in [0.25, 0.3) is 5.91 Å². The Balaban J connectivity index is 2.14. The van der Waals surface area contributed by atoms with E-state index in [2.05, 4.69) is 11.4 Å². The molecule has 0 aliphatic rings. The van der Waals surface area contributed by atoms with Crippen LogP contribution in [0.5, 0.6) is 0 Å². The molecule has 0 saturated carbocycles. The number of amides is 1. The van der Waals surface area contributed by atoms with Crippen LogP contribution in [0.4, 0.5) is 0 Å². The molecule has 0 fully saturated rings. The van der Waals surface area contributed by atoms with Crippen LogP contribution in [0.3, 0.4) is 0 Å². The highest BCUT2D eigenvalue weighted by Crippen LogP contribution is 2.28. The molecule has 0 spiro atoms. The van der Waals surface area contributed by atoms with Gasteiger partial charge in [-0.3, -0.25) is 9.59 Å². The number of aldehydes is 1. The lowest BCUT2D eigenvalue weighted by atomic mass is 9.95. The number of benzene rings is 3. The number of nitrogens with one attached hydrogen (secondary N) is 1. The Bertz CT molecular complexity index is 868. The van der Waals surface area contributed by atoms with E-state index in [-0.39, 0.29) is 5.91 Å². The number of hydrogen-bond donors (Lipinski definition) is 1. The highest BCUT2D eigenvalue weighted by molar-refractivity contribution is 5.97. The van der Waals surface area contributed by atoms with E-state index in [1.807, 2.05) is 54.6 Å². The highest BCUT2D eigenvalue weighted by atomic mass is 16.1. The predicted octanol–water partition coefficient (Wildman–Crippen LogP) is 4.19. The van der Waals surface area contributed by atoms with E-state index in [9.17, 15) is 9.59 Å². The van der Waals surface area contributed by atoms with Gasteiger partial charge in [-0.15, -0.1) is 0 Å². The molecule has 0 radical (unpaired) electrons. The monoisotopic (exact) mass is 315 g/mol. The Labute approximate surface area is 141 Å². The van der Waals surface area contributed by atoms with Crippen molar-refractivity contribution in [2.75, 3.05) is 7.05 Å². The maximum absolute atomic E-state index is 12.1. The molecule has 0 aliphatic heterocycles. The summed E-state index contributed by atoms with van der Waals surface area (Å²) >= 11 is 0. The lowest BCUT2D eigenvalue weighted by Gasteiger charge is -2.10. The summed E-state index contributed by atoms with van der Waals surface area (Å²) in [6.45, 7) is 0. The normalized spacial score (nSPS) is 10.2. The lowest BCUT2D eigenvalue weighted by molar-refractivity contribution is 0.0963. The molecule has 0 saturated heterocycles. The lowest BCUT2D eigenvalue weighted by Crippen LogP contribution is -2.17. The van der Waals surface area contributed by atoms with E-state index in [1.165, 1.54) is 0 Å². The van der Waals surface area contributed by atoms with Gasteiger partial charge in [-0.05, 0) is 40.5 Å². The fourth-order valence-corrected chi connectivity index (χ4v) is 2.62. The molecule has 0 aromatic heterocycles. The number of carbonyl (C=O) groups excluding carboxylic acids is 2. The van der Waals surface area contributed by atoms with Gasteiger partial charge < -0.3 is 5.32 Å². The van der Waals surface area contributed by atoms with E-state index < -0.39 is 0 Å². The highest BCUT2D eigenvalue weighted by Gasteiger charge is 2.10. The van der Waals surface area contributed by atoms with Crippen LogP contribution in [0.15, 0.2) is 72.8 Å². The molecule has 118 valence electrons. The van der Waals surface area contributed by atoms with Crippen molar-refractivity contribution < 1.29 is 9.59 Å². The number of rotatable bonds is 4. The first kappa shape index (κ1) is 15.7. The maximum atomic E-state index is 12.1. The number of hydrogen-bond acceptors (Lipinski definition) is 2. The summed E-state index contributed by atoms with van der Waals surface area (Å²) in [6.07, 6.45) is 0.820. The van der Waals surface area contributed by atoms with Crippen LogP contribution in [-0.2, 0) is 0 Å². The van der Waals surface area contributed by atoms with Gasteiger partial charge in [-0.25, -0.2) is 0 Å². The summed E-state index contributed by atoms with van der Waals surface area (Å²) in [4.78, 5) is 22.9. The second-order valence-corrected chi connectivity index (χ2v) is 5.48. The van der Waals surface area contributed by atoms with Crippen molar-refractivity contribution in [2.45, 2.75) is 0 Å². The minimum Gasteiger partial charge on any atom is -0.355 e. The zero-order valence-corrected chi connectivity index (χ0v) is 13.3. The molecule has 0 atom stereocenters. The van der Waals surface area contributed by atoms with Gasteiger partial charge in [-0.1, -0.05) is 54.6 Å². The molecule has 0 aliphatic carbocycles. The first-order chi connectivity index (χ1) is 11.7. The second-order valence-electron chi connectivity index (χ2n) is 5.48. The molecule has 1 amide bonds. The Kier molecular flexibility index (Phi) is 4.52. The molecule has 0 bridgehead atoms. The van der Waals surface area contributed by atoms with E-state index in [0.29, 0.717) is 11.1 Å². The van der Waals surface area contributed by atoms with Crippen molar-refractivity contribution in [3.05, 3.63) is 83.9 Å². The van der Waals surface area contributed by atoms with Crippen LogP contribution in [0.1, 0.15) is 20.7 Å². The minimum absolute atomic E-state index is 0.126. The van der Waals surface area contributed by atoms with E-state index in [1.54, 1.807) is 19.2 Å². The van der Waals surface area contributed by atoms with Gasteiger partial charge in [0.1, 0.15) is 6.29 Å². The van der Waals surface area contributed by atoms with Crippen LogP contribution < -0.4 is 5.32 Å². The van der Waals surface area contributed by atoms with Gasteiger partial charge in [0, 0.05) is 18.2 Å². The summed E-state index contributed by atoms with van der Waals surface area (Å²) in [5, 5.41) is 2.67. The zero-order chi connectivity index (χ0) is 16.9. The Morgan fingerprint density at radius 3 is 1.92 bits per heavy atom. The van der Waals surface area contributed by atoms with Gasteiger partial charge in [-0.2, -0.15) is 0 Å². The summed E-state index contributed by atoms with van der Waals surface area (Å²) in [7, 11) is 1.62. The SMILES string of the molecule is CNC(=O)c1cc(-c2ccccc2)cc(-c2ccc(C=O)cc2)c1. The van der Waals surface area contributed by atoms with E-state index in [0.717, 1.165) is 28.5 Å². The average molecular weight is 315 g/mol. The molecule has 3 nitrogen and oxygen atoms in total. The predicted molar refractivity (Wildman–Crippen MR) is 96.1 cm³/mol. The van der Waals surface area contributed by atoms with Crippen molar-refractivity contribution in [1.82, 2.24) is 5.32 Å².